The predicted octanol–water partition coefficient (Wildman–Crippen LogP) is 2.89. The van der Waals surface area contributed by atoms with Gasteiger partial charge in [-0.2, -0.15) is 0 Å². The predicted molar refractivity (Wildman–Crippen MR) is 74.3 cm³/mol. The van der Waals surface area contributed by atoms with Gasteiger partial charge in [0.1, 0.15) is 0 Å². The van der Waals surface area contributed by atoms with Gasteiger partial charge in [0.15, 0.2) is 0 Å². The maximum Gasteiger partial charge on any atom is 0.0123 e. The van der Waals surface area contributed by atoms with Crippen molar-refractivity contribution in [2.75, 3.05) is 26.2 Å². The first-order chi connectivity index (χ1) is 8.35. The maximum absolute atomic E-state index is 3.51. The Bertz CT molecular complexity index is 217. The molecule has 0 bridgehead atoms. The summed E-state index contributed by atoms with van der Waals surface area (Å²) in [6.45, 7) is 9.66. The maximum atomic E-state index is 3.51. The molecule has 2 fully saturated rings. The molecular weight excluding hydrogens is 208 g/mol. The van der Waals surface area contributed by atoms with E-state index < -0.39 is 0 Å². The van der Waals surface area contributed by atoms with E-state index in [2.05, 4.69) is 24.1 Å². The van der Waals surface area contributed by atoms with Gasteiger partial charge in [-0.15, -0.1) is 0 Å². The minimum atomic E-state index is 0.911. The molecule has 0 amide bonds. The van der Waals surface area contributed by atoms with Crippen LogP contribution in [0.2, 0.25) is 0 Å². The number of nitrogens with zero attached hydrogens (tertiary/aromatic N) is 1. The minimum absolute atomic E-state index is 0.911. The van der Waals surface area contributed by atoms with E-state index in [0.29, 0.717) is 0 Å². The van der Waals surface area contributed by atoms with Crippen LogP contribution in [0.3, 0.4) is 0 Å². The van der Waals surface area contributed by atoms with Crippen LogP contribution in [-0.4, -0.2) is 37.1 Å². The molecule has 17 heavy (non-hydrogen) atoms. The van der Waals surface area contributed by atoms with Gasteiger partial charge in [-0.3, -0.25) is 4.90 Å². The van der Waals surface area contributed by atoms with Crippen LogP contribution in [0.15, 0.2) is 0 Å². The minimum Gasteiger partial charge on any atom is -0.317 e. The molecule has 0 radical (unpaired) electrons. The van der Waals surface area contributed by atoms with Crippen LogP contribution in [0.25, 0.3) is 0 Å². The molecule has 100 valence electrons. The molecule has 2 heteroatoms. The van der Waals surface area contributed by atoms with Gasteiger partial charge in [0.05, 0.1) is 0 Å². The molecule has 1 aliphatic carbocycles. The summed E-state index contributed by atoms with van der Waals surface area (Å²) in [6.07, 6.45) is 8.69. The van der Waals surface area contributed by atoms with E-state index in [9.17, 15) is 0 Å². The Kier molecular flexibility index (Phi) is 5.30. The summed E-state index contributed by atoms with van der Waals surface area (Å²) in [7, 11) is 0. The van der Waals surface area contributed by atoms with Crippen molar-refractivity contribution in [2.45, 2.75) is 58.4 Å². The lowest BCUT2D eigenvalue weighted by atomic mass is 9.82. The molecule has 2 aliphatic rings. The number of likely N-dealkylation sites (tertiary alicyclic amines) is 1. The zero-order valence-corrected chi connectivity index (χ0v) is 11.8. The van der Waals surface area contributed by atoms with Crippen LogP contribution in [0.4, 0.5) is 0 Å². The van der Waals surface area contributed by atoms with Gasteiger partial charge in [0.2, 0.25) is 0 Å². The van der Waals surface area contributed by atoms with E-state index in [-0.39, 0.29) is 0 Å². The molecule has 2 nitrogen and oxygen atoms in total. The molecule has 0 spiro atoms. The molecule has 1 saturated heterocycles. The summed E-state index contributed by atoms with van der Waals surface area (Å²) in [6, 6.07) is 0.917. The highest BCUT2D eigenvalue weighted by molar-refractivity contribution is 4.88. The second-order valence-corrected chi connectivity index (χ2v) is 5.98. The normalized spacial score (nSPS) is 35.3. The third-order valence-corrected chi connectivity index (χ3v) is 4.86. The highest BCUT2D eigenvalue weighted by Crippen LogP contribution is 2.33. The highest BCUT2D eigenvalue weighted by Gasteiger charge is 2.33. The third kappa shape index (κ3) is 3.45. The van der Waals surface area contributed by atoms with E-state index in [1.165, 1.54) is 58.2 Å². The first-order valence-corrected chi connectivity index (χ1v) is 7.79. The number of hydrogen-bond donors (Lipinski definition) is 1. The standard InChI is InChI=1S/C15H30N2/c1-3-14-7-5-6-8-15(14)17-10-9-13(12-17)11-16-4-2/h13-16H,3-12H2,1-2H3. The third-order valence-electron chi connectivity index (χ3n) is 4.86. The van der Waals surface area contributed by atoms with Gasteiger partial charge in [-0.25, -0.2) is 0 Å². The fourth-order valence-electron chi connectivity index (χ4n) is 3.82. The number of nitrogens with one attached hydrogen (secondary N) is 1. The molecule has 0 aromatic rings. The summed E-state index contributed by atoms with van der Waals surface area (Å²) < 4.78 is 0. The second-order valence-electron chi connectivity index (χ2n) is 5.98. The van der Waals surface area contributed by atoms with Gasteiger partial charge in [0.25, 0.3) is 0 Å². The van der Waals surface area contributed by atoms with Crippen LogP contribution >= 0.6 is 0 Å². The van der Waals surface area contributed by atoms with E-state index in [0.717, 1.165) is 24.4 Å². The van der Waals surface area contributed by atoms with Gasteiger partial charge in [-0.1, -0.05) is 33.1 Å². The van der Waals surface area contributed by atoms with Crippen LogP contribution in [-0.2, 0) is 0 Å². The summed E-state index contributed by atoms with van der Waals surface area (Å²) in [5, 5.41) is 3.51. The Balaban J connectivity index is 1.81. The summed E-state index contributed by atoms with van der Waals surface area (Å²) in [5.74, 6) is 1.90. The molecule has 3 atom stereocenters. The zero-order chi connectivity index (χ0) is 12.1. The van der Waals surface area contributed by atoms with Gasteiger partial charge < -0.3 is 5.32 Å². The second kappa shape index (κ2) is 6.75. The van der Waals surface area contributed by atoms with E-state index in [1.54, 1.807) is 0 Å². The van der Waals surface area contributed by atoms with Crippen molar-refractivity contribution >= 4 is 0 Å². The Labute approximate surface area is 107 Å². The SMILES string of the molecule is CCNCC1CCN(C2CCCCC2CC)C1. The van der Waals surface area contributed by atoms with Crippen molar-refractivity contribution in [3.63, 3.8) is 0 Å². The fourth-order valence-corrected chi connectivity index (χ4v) is 3.82. The Hall–Kier alpha value is -0.0800. The zero-order valence-electron chi connectivity index (χ0n) is 11.8. The van der Waals surface area contributed by atoms with E-state index in [1.807, 2.05) is 0 Å². The quantitative estimate of drug-likeness (QED) is 0.792. The monoisotopic (exact) mass is 238 g/mol. The van der Waals surface area contributed by atoms with Crippen molar-refractivity contribution in [3.8, 4) is 0 Å². The first-order valence-electron chi connectivity index (χ1n) is 7.79. The summed E-state index contributed by atoms with van der Waals surface area (Å²) in [4.78, 5) is 2.81. The lowest BCUT2D eigenvalue weighted by Crippen LogP contribution is -2.41. The average molecular weight is 238 g/mol. The Morgan fingerprint density at radius 1 is 1.12 bits per heavy atom. The van der Waals surface area contributed by atoms with E-state index in [4.69, 9.17) is 0 Å². The Morgan fingerprint density at radius 3 is 2.71 bits per heavy atom. The summed E-state index contributed by atoms with van der Waals surface area (Å²) >= 11 is 0. The van der Waals surface area contributed by atoms with Crippen LogP contribution in [0.1, 0.15) is 52.4 Å². The fraction of sp³-hybridized carbons (Fsp3) is 1.00. The highest BCUT2D eigenvalue weighted by atomic mass is 15.2. The summed E-state index contributed by atoms with van der Waals surface area (Å²) in [5.41, 5.74) is 0. The molecule has 2 rings (SSSR count). The first kappa shape index (κ1) is 13.4. The lowest BCUT2D eigenvalue weighted by molar-refractivity contribution is 0.121. The van der Waals surface area contributed by atoms with Crippen molar-refractivity contribution in [1.82, 2.24) is 10.2 Å². The van der Waals surface area contributed by atoms with Crippen LogP contribution in [0.5, 0.6) is 0 Å². The largest absolute Gasteiger partial charge is 0.317 e. The molecule has 1 heterocycles. The molecule has 1 N–H and O–H groups in total. The topological polar surface area (TPSA) is 15.3 Å². The average Bonchev–Trinajstić information content (AvgIpc) is 2.85. The van der Waals surface area contributed by atoms with Gasteiger partial charge >= 0.3 is 0 Å². The molecule has 1 aliphatic heterocycles. The van der Waals surface area contributed by atoms with Gasteiger partial charge in [-0.05, 0) is 50.7 Å². The van der Waals surface area contributed by atoms with Crippen molar-refractivity contribution in [1.29, 1.82) is 0 Å². The van der Waals surface area contributed by atoms with Crippen molar-refractivity contribution < 1.29 is 0 Å². The molecule has 3 unspecified atom stereocenters. The number of rotatable bonds is 5. The van der Waals surface area contributed by atoms with Crippen LogP contribution in [0, 0.1) is 11.8 Å². The molecular formula is C15H30N2. The lowest BCUT2D eigenvalue weighted by Gasteiger charge is -2.37. The molecule has 0 aromatic carbocycles. The van der Waals surface area contributed by atoms with Crippen molar-refractivity contribution in [3.05, 3.63) is 0 Å². The number of hydrogen-bond acceptors (Lipinski definition) is 2. The van der Waals surface area contributed by atoms with E-state index >= 15 is 0 Å². The molecule has 1 saturated carbocycles. The smallest absolute Gasteiger partial charge is 0.0123 e. The molecule has 0 aromatic heterocycles. The van der Waals surface area contributed by atoms with Crippen LogP contribution < -0.4 is 5.32 Å². The Morgan fingerprint density at radius 2 is 1.94 bits per heavy atom. The van der Waals surface area contributed by atoms with Gasteiger partial charge in [0, 0.05) is 12.6 Å². The van der Waals surface area contributed by atoms with Crippen molar-refractivity contribution in [2.24, 2.45) is 11.8 Å².